The summed E-state index contributed by atoms with van der Waals surface area (Å²) in [5.41, 5.74) is 8.03. The molecule has 100 valence electrons. The van der Waals surface area contributed by atoms with Gasteiger partial charge >= 0.3 is 0 Å². The van der Waals surface area contributed by atoms with Crippen LogP contribution in [0.25, 0.3) is 0 Å². The first-order valence-electron chi connectivity index (χ1n) is 6.36. The lowest BCUT2D eigenvalue weighted by Crippen LogP contribution is -2.47. The number of methoxy groups -OCH3 is 1. The zero-order valence-corrected chi connectivity index (χ0v) is 11.8. The van der Waals surface area contributed by atoms with Crippen LogP contribution in [0.1, 0.15) is 25.3 Å². The molecule has 0 aromatic heterocycles. The average Bonchev–Trinajstić information content (AvgIpc) is 2.38. The van der Waals surface area contributed by atoms with E-state index in [0.717, 1.165) is 36.5 Å². The molecule has 1 atom stereocenters. The number of benzene rings is 1. The molecule has 1 aliphatic heterocycles. The quantitative estimate of drug-likeness (QED) is 0.916. The molecule has 3 nitrogen and oxygen atoms in total. The van der Waals surface area contributed by atoms with Crippen molar-refractivity contribution in [3.05, 3.63) is 28.8 Å². The molecule has 1 fully saturated rings. The summed E-state index contributed by atoms with van der Waals surface area (Å²) in [6.45, 7) is 4.62. The molecule has 0 bridgehead atoms. The Morgan fingerprint density at radius 3 is 2.94 bits per heavy atom. The third-order valence-corrected chi connectivity index (χ3v) is 3.99. The van der Waals surface area contributed by atoms with Crippen LogP contribution in [0, 0.1) is 0 Å². The molecule has 1 heterocycles. The van der Waals surface area contributed by atoms with Crippen LogP contribution in [0.3, 0.4) is 0 Å². The minimum Gasteiger partial charge on any atom is -0.377 e. The second-order valence-electron chi connectivity index (χ2n) is 5.16. The van der Waals surface area contributed by atoms with Gasteiger partial charge < -0.3 is 15.4 Å². The van der Waals surface area contributed by atoms with Gasteiger partial charge in [0.15, 0.2) is 0 Å². The molecule has 1 unspecified atom stereocenters. The fourth-order valence-electron chi connectivity index (χ4n) is 2.60. The number of hydrogen-bond acceptors (Lipinski definition) is 3. The molecule has 0 spiro atoms. The molecule has 2 rings (SSSR count). The van der Waals surface area contributed by atoms with Crippen LogP contribution in [0.2, 0.25) is 5.02 Å². The van der Waals surface area contributed by atoms with Gasteiger partial charge in [0.1, 0.15) is 0 Å². The first-order valence-corrected chi connectivity index (χ1v) is 6.74. The fourth-order valence-corrected chi connectivity index (χ4v) is 2.80. The van der Waals surface area contributed by atoms with E-state index in [1.54, 1.807) is 7.11 Å². The van der Waals surface area contributed by atoms with E-state index in [1.807, 2.05) is 12.1 Å². The van der Waals surface area contributed by atoms with Crippen molar-refractivity contribution in [2.45, 2.75) is 31.9 Å². The lowest BCUT2D eigenvalue weighted by molar-refractivity contribution is -0.00468. The van der Waals surface area contributed by atoms with Gasteiger partial charge in [-0.2, -0.15) is 0 Å². The third kappa shape index (κ3) is 2.79. The van der Waals surface area contributed by atoms with E-state index >= 15 is 0 Å². The standard InChI is InChI=1S/C14H21ClN2O/c1-14(18-2)6-3-7-17(10-14)13-5-4-12(15)8-11(13)9-16/h4-5,8H,3,6-7,9-10,16H2,1-2H3. The Morgan fingerprint density at radius 2 is 2.28 bits per heavy atom. The minimum atomic E-state index is -0.0657. The maximum Gasteiger partial charge on any atom is 0.0825 e. The molecule has 0 saturated carbocycles. The topological polar surface area (TPSA) is 38.5 Å². The highest BCUT2D eigenvalue weighted by Gasteiger charge is 2.31. The van der Waals surface area contributed by atoms with Gasteiger partial charge in [-0.3, -0.25) is 0 Å². The molecule has 0 radical (unpaired) electrons. The predicted octanol–water partition coefficient (Wildman–Crippen LogP) is 2.80. The number of anilines is 1. The van der Waals surface area contributed by atoms with Gasteiger partial charge in [0, 0.05) is 37.5 Å². The molecule has 4 heteroatoms. The molecule has 1 aromatic rings. The van der Waals surface area contributed by atoms with Gasteiger partial charge in [0.05, 0.1) is 5.60 Å². The van der Waals surface area contributed by atoms with Gasteiger partial charge in [-0.25, -0.2) is 0 Å². The highest BCUT2D eigenvalue weighted by Crippen LogP contribution is 2.31. The van der Waals surface area contributed by atoms with Gasteiger partial charge in [-0.05, 0) is 43.5 Å². The van der Waals surface area contributed by atoms with Crippen molar-refractivity contribution >= 4 is 17.3 Å². The fraction of sp³-hybridized carbons (Fsp3) is 0.571. The van der Waals surface area contributed by atoms with Crippen LogP contribution in [0.5, 0.6) is 0 Å². The third-order valence-electron chi connectivity index (χ3n) is 3.75. The summed E-state index contributed by atoms with van der Waals surface area (Å²) in [5, 5.41) is 0.741. The average molecular weight is 269 g/mol. The van der Waals surface area contributed by atoms with Gasteiger partial charge in [0.25, 0.3) is 0 Å². The van der Waals surface area contributed by atoms with Gasteiger partial charge in [-0.1, -0.05) is 11.6 Å². The maximum absolute atomic E-state index is 6.02. The maximum atomic E-state index is 6.02. The van der Waals surface area contributed by atoms with Crippen molar-refractivity contribution in [1.29, 1.82) is 0 Å². The molecule has 0 aliphatic carbocycles. The Bertz CT molecular complexity index is 424. The molecule has 1 saturated heterocycles. The number of rotatable bonds is 3. The van der Waals surface area contributed by atoms with Gasteiger partial charge in [0.2, 0.25) is 0 Å². The lowest BCUT2D eigenvalue weighted by Gasteiger charge is -2.41. The van der Waals surface area contributed by atoms with Crippen molar-refractivity contribution in [3.8, 4) is 0 Å². The van der Waals surface area contributed by atoms with E-state index < -0.39 is 0 Å². The number of halogens is 1. The second-order valence-corrected chi connectivity index (χ2v) is 5.59. The first kappa shape index (κ1) is 13.7. The molecule has 1 aromatic carbocycles. The highest BCUT2D eigenvalue weighted by atomic mass is 35.5. The van der Waals surface area contributed by atoms with Crippen LogP contribution >= 0.6 is 11.6 Å². The summed E-state index contributed by atoms with van der Waals surface area (Å²) < 4.78 is 5.63. The summed E-state index contributed by atoms with van der Waals surface area (Å²) in [6, 6.07) is 5.94. The van der Waals surface area contributed by atoms with E-state index in [0.29, 0.717) is 6.54 Å². The van der Waals surface area contributed by atoms with E-state index in [2.05, 4.69) is 17.9 Å². The van der Waals surface area contributed by atoms with Crippen molar-refractivity contribution in [1.82, 2.24) is 0 Å². The minimum absolute atomic E-state index is 0.0657. The Hall–Kier alpha value is -0.770. The monoisotopic (exact) mass is 268 g/mol. The molecule has 1 aliphatic rings. The van der Waals surface area contributed by atoms with E-state index in [1.165, 1.54) is 5.69 Å². The summed E-state index contributed by atoms with van der Waals surface area (Å²) >= 11 is 6.02. The Balaban J connectivity index is 2.25. The zero-order chi connectivity index (χ0) is 13.2. The Labute approximate surface area is 114 Å². The van der Waals surface area contributed by atoms with Crippen LogP contribution in [0.15, 0.2) is 18.2 Å². The second kappa shape index (κ2) is 5.47. The smallest absolute Gasteiger partial charge is 0.0825 e. The molecular weight excluding hydrogens is 248 g/mol. The molecule has 18 heavy (non-hydrogen) atoms. The lowest BCUT2D eigenvalue weighted by atomic mass is 9.94. The van der Waals surface area contributed by atoms with E-state index in [9.17, 15) is 0 Å². The van der Waals surface area contributed by atoms with Crippen LogP contribution < -0.4 is 10.6 Å². The first-order chi connectivity index (χ1) is 8.58. The Kier molecular flexibility index (Phi) is 4.15. The van der Waals surface area contributed by atoms with Gasteiger partial charge in [-0.15, -0.1) is 0 Å². The zero-order valence-electron chi connectivity index (χ0n) is 11.1. The number of ether oxygens (including phenoxy) is 1. The largest absolute Gasteiger partial charge is 0.377 e. The van der Waals surface area contributed by atoms with Crippen molar-refractivity contribution in [3.63, 3.8) is 0 Å². The number of piperidine rings is 1. The summed E-state index contributed by atoms with van der Waals surface area (Å²) in [5.74, 6) is 0. The predicted molar refractivity (Wildman–Crippen MR) is 76.2 cm³/mol. The number of nitrogens with zero attached hydrogens (tertiary/aromatic N) is 1. The number of hydrogen-bond donors (Lipinski definition) is 1. The molecule has 2 N–H and O–H groups in total. The molecule has 0 amide bonds. The van der Waals surface area contributed by atoms with Crippen LogP contribution in [0.4, 0.5) is 5.69 Å². The molecular formula is C14H21ClN2O. The van der Waals surface area contributed by atoms with Crippen molar-refractivity contribution < 1.29 is 4.74 Å². The summed E-state index contributed by atoms with van der Waals surface area (Å²) in [6.07, 6.45) is 2.24. The van der Waals surface area contributed by atoms with Crippen molar-refractivity contribution in [2.75, 3.05) is 25.1 Å². The van der Waals surface area contributed by atoms with E-state index in [-0.39, 0.29) is 5.60 Å². The summed E-state index contributed by atoms with van der Waals surface area (Å²) in [4.78, 5) is 2.35. The number of nitrogens with two attached hydrogens (primary N) is 1. The van der Waals surface area contributed by atoms with E-state index in [4.69, 9.17) is 22.1 Å². The van der Waals surface area contributed by atoms with Crippen LogP contribution in [-0.2, 0) is 11.3 Å². The van der Waals surface area contributed by atoms with Crippen molar-refractivity contribution in [2.24, 2.45) is 5.73 Å². The highest BCUT2D eigenvalue weighted by molar-refractivity contribution is 6.30. The van der Waals surface area contributed by atoms with Crippen LogP contribution in [-0.4, -0.2) is 25.8 Å². The SMILES string of the molecule is COC1(C)CCCN(c2ccc(Cl)cc2CN)C1. The summed E-state index contributed by atoms with van der Waals surface area (Å²) in [7, 11) is 1.79. The normalized spacial score (nSPS) is 24.3. The Morgan fingerprint density at radius 1 is 1.50 bits per heavy atom.